The van der Waals surface area contributed by atoms with Crippen molar-refractivity contribution in [2.24, 2.45) is 5.73 Å². The molecule has 0 aliphatic carbocycles. The van der Waals surface area contributed by atoms with Gasteiger partial charge in [0.25, 0.3) is 0 Å². The molecular weight excluding hydrogens is 489 g/mol. The number of nitrogens with one attached hydrogen (secondary N) is 1. The largest absolute Gasteiger partial charge is 0.442 e. The number of nitrogens with two attached hydrogens (primary N) is 1. The highest BCUT2D eigenvalue weighted by Gasteiger charge is 2.33. The molecule has 0 radical (unpaired) electrons. The summed E-state index contributed by atoms with van der Waals surface area (Å²) >= 11 is 0. The van der Waals surface area contributed by atoms with Crippen LogP contribution in [0.15, 0.2) is 42.5 Å². The fraction of sp³-hybridized carbons (Fsp3) is 0.393. The number of hydrogen-bond donors (Lipinski definition) is 2. The molecule has 9 nitrogen and oxygen atoms in total. The monoisotopic (exact) mass is 521 g/mol. The molecule has 2 aromatic carbocycles. The summed E-state index contributed by atoms with van der Waals surface area (Å²) in [5.74, 6) is 5.50. The van der Waals surface area contributed by atoms with Crippen LogP contribution >= 0.6 is 0 Å². The Morgan fingerprint density at radius 2 is 1.87 bits per heavy atom. The maximum absolute atomic E-state index is 15.0. The molecule has 0 bridgehead atoms. The average molecular weight is 522 g/mol. The summed E-state index contributed by atoms with van der Waals surface area (Å²) in [6, 6.07) is 12.4. The highest BCUT2D eigenvalue weighted by molar-refractivity contribution is 5.90. The lowest BCUT2D eigenvalue weighted by Gasteiger charge is -2.36. The van der Waals surface area contributed by atoms with Crippen molar-refractivity contribution in [3.63, 3.8) is 0 Å². The van der Waals surface area contributed by atoms with Crippen molar-refractivity contribution in [3.05, 3.63) is 59.4 Å². The topological polar surface area (TPSA) is 108 Å². The van der Waals surface area contributed by atoms with Gasteiger partial charge in [-0.1, -0.05) is 24.0 Å². The summed E-state index contributed by atoms with van der Waals surface area (Å²) in [7, 11) is 0. The Labute approximate surface area is 221 Å². The number of anilines is 2. The van der Waals surface area contributed by atoms with E-state index >= 15 is 4.39 Å². The van der Waals surface area contributed by atoms with Gasteiger partial charge >= 0.3 is 6.09 Å². The van der Waals surface area contributed by atoms with Crippen molar-refractivity contribution in [2.75, 3.05) is 49.1 Å². The first kappa shape index (κ1) is 26.9. The Morgan fingerprint density at radius 3 is 2.53 bits per heavy atom. The lowest BCUT2D eigenvalue weighted by Crippen LogP contribution is -2.49. The quantitative estimate of drug-likeness (QED) is 0.541. The van der Waals surface area contributed by atoms with Crippen molar-refractivity contribution in [3.8, 4) is 11.8 Å². The number of piperazine rings is 1. The van der Waals surface area contributed by atoms with E-state index in [0.717, 1.165) is 11.1 Å². The lowest BCUT2D eigenvalue weighted by atomic mass is 10.1. The fourth-order valence-electron chi connectivity index (χ4n) is 4.43. The molecule has 10 heteroatoms. The first-order chi connectivity index (χ1) is 18.3. The Hall–Kier alpha value is -4.10. The van der Waals surface area contributed by atoms with Crippen molar-refractivity contribution >= 4 is 29.3 Å². The van der Waals surface area contributed by atoms with Crippen molar-refractivity contribution in [1.29, 1.82) is 0 Å². The van der Waals surface area contributed by atoms with E-state index in [1.807, 2.05) is 29.2 Å². The molecule has 200 valence electrons. The number of halogens is 1. The van der Waals surface area contributed by atoms with Gasteiger partial charge in [-0.2, -0.15) is 0 Å². The van der Waals surface area contributed by atoms with Gasteiger partial charge in [-0.05, 0) is 35.9 Å². The van der Waals surface area contributed by atoms with E-state index in [2.05, 4.69) is 17.2 Å². The highest BCUT2D eigenvalue weighted by atomic mass is 19.1. The van der Waals surface area contributed by atoms with Crippen LogP contribution in [0.2, 0.25) is 0 Å². The molecule has 0 saturated carbocycles. The standard InChI is InChI=1S/C28H32FN5O4/c1-20(35)31-18-24-19-34(28(37)38-24)23-10-11-26(25(29)16-23)32-12-14-33(15-13-32)27(36)5-3-2-4-21-6-8-22(17-30)9-7-21/h6-11,16,24H,3,5,12-15,17-19,30H2,1H3,(H,31,35)/t24-/m0/s1. The summed E-state index contributed by atoms with van der Waals surface area (Å²) in [4.78, 5) is 41.0. The van der Waals surface area contributed by atoms with E-state index in [1.165, 1.54) is 17.9 Å². The average Bonchev–Trinajstić information content (AvgIpc) is 3.30. The van der Waals surface area contributed by atoms with Crippen LogP contribution in [0.25, 0.3) is 0 Å². The van der Waals surface area contributed by atoms with Crippen LogP contribution in [0.1, 0.15) is 30.9 Å². The third-order valence-electron chi connectivity index (χ3n) is 6.55. The smallest absolute Gasteiger partial charge is 0.414 e. The second kappa shape index (κ2) is 12.4. The third-order valence-corrected chi connectivity index (χ3v) is 6.55. The van der Waals surface area contributed by atoms with Crippen LogP contribution in [0.3, 0.4) is 0 Å². The molecule has 0 unspecified atom stereocenters. The second-order valence-electron chi connectivity index (χ2n) is 9.26. The number of rotatable bonds is 7. The normalized spacial score (nSPS) is 17.1. The number of nitrogens with zero attached hydrogens (tertiary/aromatic N) is 3. The van der Waals surface area contributed by atoms with Crippen LogP contribution in [0.4, 0.5) is 20.6 Å². The van der Waals surface area contributed by atoms with Crippen LogP contribution in [0, 0.1) is 17.7 Å². The summed E-state index contributed by atoms with van der Waals surface area (Å²) in [6.45, 7) is 4.32. The van der Waals surface area contributed by atoms with E-state index in [1.54, 1.807) is 17.0 Å². The zero-order valence-electron chi connectivity index (χ0n) is 21.4. The Bertz CT molecular complexity index is 1230. The predicted molar refractivity (Wildman–Crippen MR) is 142 cm³/mol. The number of hydrogen-bond acceptors (Lipinski definition) is 6. The molecule has 2 fully saturated rings. The minimum atomic E-state index is -0.575. The van der Waals surface area contributed by atoms with Gasteiger partial charge in [0.05, 0.1) is 24.5 Å². The van der Waals surface area contributed by atoms with E-state index in [0.29, 0.717) is 56.9 Å². The van der Waals surface area contributed by atoms with Crippen molar-refractivity contribution in [1.82, 2.24) is 10.2 Å². The molecule has 4 rings (SSSR count). The van der Waals surface area contributed by atoms with Crippen molar-refractivity contribution in [2.45, 2.75) is 32.4 Å². The van der Waals surface area contributed by atoms with Gasteiger partial charge < -0.3 is 25.6 Å². The maximum Gasteiger partial charge on any atom is 0.414 e. The molecule has 2 aliphatic heterocycles. The van der Waals surface area contributed by atoms with Gasteiger partial charge in [-0.15, -0.1) is 0 Å². The molecule has 2 saturated heterocycles. The first-order valence-electron chi connectivity index (χ1n) is 12.7. The fourth-order valence-corrected chi connectivity index (χ4v) is 4.43. The molecule has 0 aromatic heterocycles. The zero-order valence-corrected chi connectivity index (χ0v) is 21.4. The van der Waals surface area contributed by atoms with E-state index in [9.17, 15) is 14.4 Å². The summed E-state index contributed by atoms with van der Waals surface area (Å²) in [5, 5.41) is 2.62. The van der Waals surface area contributed by atoms with Crippen LogP contribution in [-0.2, 0) is 20.9 Å². The van der Waals surface area contributed by atoms with Crippen LogP contribution in [-0.4, -0.2) is 68.2 Å². The van der Waals surface area contributed by atoms with E-state index < -0.39 is 18.0 Å². The molecule has 2 heterocycles. The summed E-state index contributed by atoms with van der Waals surface area (Å²) in [6.07, 6.45) is -0.257. The molecule has 2 aromatic rings. The summed E-state index contributed by atoms with van der Waals surface area (Å²) < 4.78 is 20.3. The van der Waals surface area contributed by atoms with Gasteiger partial charge in [0.15, 0.2) is 0 Å². The molecule has 3 N–H and O–H groups in total. The molecule has 1 atom stereocenters. The third kappa shape index (κ3) is 6.81. The minimum absolute atomic E-state index is 0.0367. The number of ether oxygens (including phenoxy) is 1. The number of benzene rings is 2. The number of cyclic esters (lactones) is 1. The Balaban J connectivity index is 1.25. The van der Waals surface area contributed by atoms with Crippen LogP contribution < -0.4 is 20.9 Å². The van der Waals surface area contributed by atoms with E-state index in [4.69, 9.17) is 10.5 Å². The number of carbonyl (C=O) groups excluding carboxylic acids is 3. The SMILES string of the molecule is CC(=O)NC[C@H]1CN(c2ccc(N3CCN(C(=O)CCC#Cc4ccc(CN)cc4)CC3)c(F)c2)C(=O)O1. The van der Waals surface area contributed by atoms with E-state index in [-0.39, 0.29) is 24.9 Å². The molecule has 3 amide bonds. The molecule has 2 aliphatic rings. The molecule has 38 heavy (non-hydrogen) atoms. The predicted octanol–water partition coefficient (Wildman–Crippen LogP) is 2.23. The lowest BCUT2D eigenvalue weighted by molar-refractivity contribution is -0.131. The first-order valence-corrected chi connectivity index (χ1v) is 12.7. The minimum Gasteiger partial charge on any atom is -0.442 e. The van der Waals surface area contributed by atoms with Crippen molar-refractivity contribution < 1.29 is 23.5 Å². The van der Waals surface area contributed by atoms with Gasteiger partial charge in [-0.3, -0.25) is 14.5 Å². The van der Waals surface area contributed by atoms with Crippen LogP contribution in [0.5, 0.6) is 0 Å². The molecular formula is C28H32FN5O4. The Morgan fingerprint density at radius 1 is 1.13 bits per heavy atom. The van der Waals surface area contributed by atoms with Gasteiger partial charge in [0.1, 0.15) is 11.9 Å². The Kier molecular flexibility index (Phi) is 8.81. The number of amides is 3. The van der Waals surface area contributed by atoms with Gasteiger partial charge in [-0.25, -0.2) is 9.18 Å². The van der Waals surface area contributed by atoms with Gasteiger partial charge in [0.2, 0.25) is 11.8 Å². The highest BCUT2D eigenvalue weighted by Crippen LogP contribution is 2.28. The molecule has 0 spiro atoms. The van der Waals surface area contributed by atoms with Gasteiger partial charge in [0, 0.05) is 58.1 Å². The second-order valence-corrected chi connectivity index (χ2v) is 9.26. The zero-order chi connectivity index (χ0) is 27.1. The maximum atomic E-state index is 15.0. The number of carbonyl (C=O) groups is 3. The summed E-state index contributed by atoms with van der Waals surface area (Å²) in [5.41, 5.74) is 8.36.